The SMILES string of the molecule is Cl.O=[CH][Rh].c1ccc(P(c2ccccc2)c2ccccc2)cc1.c1ccc(P(c2ccccc2)c2ccccc2)cc1.c1ccc(P(c2ccccc2)c2ccccc2)cc1. The largest absolute Gasteiger partial charge is 0.0622 e. The Morgan fingerprint density at radius 1 is 0.230 bits per heavy atom. The van der Waals surface area contributed by atoms with Crippen molar-refractivity contribution < 1.29 is 23.1 Å². The van der Waals surface area contributed by atoms with Gasteiger partial charge in [-0.1, -0.05) is 273 Å². The summed E-state index contributed by atoms with van der Waals surface area (Å²) in [5, 5.41) is 12.6. The zero-order chi connectivity index (χ0) is 41.5. The molecule has 0 spiro atoms. The van der Waals surface area contributed by atoms with Crippen molar-refractivity contribution in [2.24, 2.45) is 0 Å². The van der Waals surface area contributed by atoms with Gasteiger partial charge in [0.25, 0.3) is 0 Å². The summed E-state index contributed by atoms with van der Waals surface area (Å²) < 4.78 is 0. The van der Waals surface area contributed by atoms with E-state index in [4.69, 9.17) is 4.79 Å². The summed E-state index contributed by atoms with van der Waals surface area (Å²) >= 11 is 2.04. The van der Waals surface area contributed by atoms with Gasteiger partial charge in [0.15, 0.2) is 0 Å². The Bertz CT molecular complexity index is 1930. The number of benzene rings is 9. The minimum Gasteiger partial charge on any atom is -0.0622 e. The van der Waals surface area contributed by atoms with Crippen LogP contribution in [0.25, 0.3) is 0 Å². The third-order valence-electron chi connectivity index (χ3n) is 9.13. The number of hydrogen-bond donors (Lipinski definition) is 0. The molecule has 0 N–H and O–H groups in total. The molecule has 9 rings (SSSR count). The standard InChI is InChI=1S/3C18H15P.CHO.ClH.Rh/c3*1-4-10-16(11-5-1)19(17-12-6-2-7-13-17)18-14-8-3-9-15-18;1-2;;/h3*1-15H;1H;1H;. The molecule has 0 bridgehead atoms. The molecule has 0 amide bonds. The normalized spacial score (nSPS) is 10.1. The molecule has 9 aromatic rings. The van der Waals surface area contributed by atoms with Gasteiger partial charge in [-0.15, -0.1) is 12.4 Å². The van der Waals surface area contributed by atoms with Gasteiger partial charge in [-0.3, -0.25) is 0 Å². The summed E-state index contributed by atoms with van der Waals surface area (Å²) in [5.41, 5.74) is 0. The second-order valence-corrected chi connectivity index (χ2v) is 20.2. The van der Waals surface area contributed by atoms with Crippen molar-refractivity contribution in [1.82, 2.24) is 0 Å². The molecule has 0 fully saturated rings. The average Bonchev–Trinajstić information content (AvgIpc) is 3.33. The van der Waals surface area contributed by atoms with Crippen LogP contribution in [0.3, 0.4) is 0 Å². The van der Waals surface area contributed by atoms with Gasteiger partial charge in [-0.25, -0.2) is 0 Å². The van der Waals surface area contributed by atoms with Crippen LogP contribution in [0.4, 0.5) is 0 Å². The van der Waals surface area contributed by atoms with Crippen molar-refractivity contribution in [3.05, 3.63) is 273 Å². The van der Waals surface area contributed by atoms with Crippen molar-refractivity contribution in [1.29, 1.82) is 0 Å². The molecule has 0 saturated heterocycles. The number of hydrogen-bond acceptors (Lipinski definition) is 1. The first kappa shape index (κ1) is 46.9. The van der Waals surface area contributed by atoms with Crippen LogP contribution in [0.1, 0.15) is 0 Å². The Labute approximate surface area is 382 Å². The molecule has 0 radical (unpaired) electrons. The predicted octanol–water partition coefficient (Wildman–Crippen LogP) is 10.5. The minimum atomic E-state index is -0.446. The topological polar surface area (TPSA) is 17.1 Å². The van der Waals surface area contributed by atoms with Crippen molar-refractivity contribution >= 4 is 88.8 Å². The maximum atomic E-state index is 8.76. The Morgan fingerprint density at radius 2 is 0.311 bits per heavy atom. The van der Waals surface area contributed by atoms with Crippen LogP contribution in [-0.2, 0) is 23.1 Å². The van der Waals surface area contributed by atoms with Crippen LogP contribution in [-0.4, -0.2) is 4.88 Å². The van der Waals surface area contributed by atoms with Crippen LogP contribution >= 0.6 is 36.2 Å². The van der Waals surface area contributed by atoms with Crippen molar-refractivity contribution in [2.75, 3.05) is 0 Å². The zero-order valence-electron chi connectivity index (χ0n) is 33.5. The van der Waals surface area contributed by atoms with Gasteiger partial charge in [0, 0.05) is 0 Å². The van der Waals surface area contributed by atoms with Crippen LogP contribution < -0.4 is 47.7 Å². The molecule has 0 aliphatic rings. The van der Waals surface area contributed by atoms with Gasteiger partial charge in [0.1, 0.15) is 0 Å². The predicted molar refractivity (Wildman–Crippen MR) is 269 cm³/mol. The van der Waals surface area contributed by atoms with E-state index in [9.17, 15) is 0 Å². The molecule has 61 heavy (non-hydrogen) atoms. The van der Waals surface area contributed by atoms with Gasteiger partial charge >= 0.3 is 28.0 Å². The fourth-order valence-electron chi connectivity index (χ4n) is 6.54. The maximum absolute atomic E-state index is 8.76. The molecule has 0 atom stereocenters. The molecule has 1 nitrogen and oxygen atoms in total. The first-order valence-corrected chi connectivity index (χ1v) is 24.6. The smallest absolute Gasteiger partial charge is 0.0134 e. The number of halogens is 1. The molecule has 0 saturated carbocycles. The monoisotopic (exact) mass is 954 g/mol. The Balaban J connectivity index is 0.000000166. The van der Waals surface area contributed by atoms with E-state index in [1.807, 2.05) is 18.3 Å². The van der Waals surface area contributed by atoms with Gasteiger partial charge in [-0.2, -0.15) is 0 Å². The van der Waals surface area contributed by atoms with E-state index in [1.54, 1.807) is 0 Å². The molecular weight excluding hydrogens is 908 g/mol. The van der Waals surface area contributed by atoms with E-state index in [2.05, 4.69) is 273 Å². The Hall–Kier alpha value is -5.15. The summed E-state index contributed by atoms with van der Waals surface area (Å²) in [5.74, 6) is 0. The molecular formula is C55H47ClOP3Rh. The van der Waals surface area contributed by atoms with Crippen LogP contribution in [0.15, 0.2) is 273 Å². The summed E-state index contributed by atoms with van der Waals surface area (Å²) in [6.45, 7) is 0. The molecule has 0 unspecified atom stereocenters. The van der Waals surface area contributed by atoms with E-state index < -0.39 is 23.8 Å². The minimum absolute atomic E-state index is 0. The van der Waals surface area contributed by atoms with Crippen LogP contribution in [0, 0.1) is 0 Å². The van der Waals surface area contributed by atoms with Gasteiger partial charge < -0.3 is 0 Å². The summed E-state index contributed by atoms with van der Waals surface area (Å²) in [7, 11) is -1.34. The summed E-state index contributed by atoms with van der Waals surface area (Å²) in [4.78, 5) is 9.40. The quantitative estimate of drug-likeness (QED) is 0.0801. The van der Waals surface area contributed by atoms with Gasteiger partial charge in [0.2, 0.25) is 0 Å². The van der Waals surface area contributed by atoms with Crippen LogP contribution in [0.5, 0.6) is 0 Å². The van der Waals surface area contributed by atoms with Crippen LogP contribution in [0.2, 0.25) is 0 Å². The van der Waals surface area contributed by atoms with E-state index in [0.717, 1.165) is 0 Å². The first-order chi connectivity index (χ1) is 29.8. The molecule has 0 aliphatic carbocycles. The van der Waals surface area contributed by atoms with Crippen molar-refractivity contribution in [2.45, 2.75) is 0 Å². The molecule has 9 aromatic carbocycles. The number of rotatable bonds is 9. The summed E-state index contributed by atoms with van der Waals surface area (Å²) in [6, 6.07) is 97.0. The Kier molecular flexibility index (Phi) is 20.7. The number of carbonyl (C=O) groups is 1. The third-order valence-corrected chi connectivity index (χ3v) is 16.5. The zero-order valence-corrected chi connectivity index (χ0v) is 38.7. The molecule has 0 heterocycles. The molecule has 6 heteroatoms. The number of carbonyl (C=O) groups excluding carboxylic acids is 1. The molecule has 0 aromatic heterocycles. The van der Waals surface area contributed by atoms with E-state index in [1.165, 1.54) is 47.7 Å². The van der Waals surface area contributed by atoms with Gasteiger partial charge in [-0.05, 0) is 71.5 Å². The van der Waals surface area contributed by atoms with E-state index >= 15 is 0 Å². The fourth-order valence-corrected chi connectivity index (χ4v) is 13.5. The molecule has 0 aliphatic heterocycles. The average molecular weight is 955 g/mol. The van der Waals surface area contributed by atoms with Gasteiger partial charge in [0.05, 0.1) is 0 Å². The Morgan fingerprint density at radius 3 is 0.393 bits per heavy atom. The second kappa shape index (κ2) is 26.9. The van der Waals surface area contributed by atoms with E-state index in [0.29, 0.717) is 4.88 Å². The molecule has 304 valence electrons. The van der Waals surface area contributed by atoms with E-state index in [-0.39, 0.29) is 12.4 Å². The second-order valence-electron chi connectivity index (χ2n) is 13.1. The maximum Gasteiger partial charge on any atom is -0.0134 e. The van der Waals surface area contributed by atoms with Crippen molar-refractivity contribution in [3.63, 3.8) is 0 Å². The fraction of sp³-hybridized carbons (Fsp3) is 0. The van der Waals surface area contributed by atoms with Crippen molar-refractivity contribution in [3.8, 4) is 0 Å². The first-order valence-electron chi connectivity index (χ1n) is 19.6. The third kappa shape index (κ3) is 14.5. The summed E-state index contributed by atoms with van der Waals surface area (Å²) in [6.07, 6.45) is 0.